The molecule has 2 rings (SSSR count). The van der Waals surface area contributed by atoms with Crippen LogP contribution >= 0.6 is 11.8 Å². The van der Waals surface area contributed by atoms with Crippen LogP contribution in [0.1, 0.15) is 12.8 Å². The summed E-state index contributed by atoms with van der Waals surface area (Å²) in [6.45, 7) is 0.324. The first kappa shape index (κ1) is 10.5. The van der Waals surface area contributed by atoms with Gasteiger partial charge in [-0.15, -0.1) is 11.8 Å². The molecule has 0 spiro atoms. The van der Waals surface area contributed by atoms with Crippen LogP contribution in [0.25, 0.3) is 0 Å². The molecule has 2 heterocycles. The van der Waals surface area contributed by atoms with E-state index in [0.717, 1.165) is 0 Å². The maximum atomic E-state index is 11.2. The van der Waals surface area contributed by atoms with Gasteiger partial charge in [0.25, 0.3) is 0 Å². The highest BCUT2D eigenvalue weighted by molar-refractivity contribution is 8.02. The Morgan fingerprint density at radius 1 is 1.80 bits per heavy atom. The van der Waals surface area contributed by atoms with E-state index in [-0.39, 0.29) is 11.3 Å². The third kappa shape index (κ3) is 1.53. The van der Waals surface area contributed by atoms with Crippen molar-refractivity contribution in [1.29, 1.82) is 0 Å². The van der Waals surface area contributed by atoms with Gasteiger partial charge in [-0.2, -0.15) is 0 Å². The molecule has 0 radical (unpaired) electrons. The van der Waals surface area contributed by atoms with E-state index < -0.39 is 10.7 Å². The lowest BCUT2D eigenvalue weighted by atomic mass is 10.0. The number of aliphatic carboxylic acids is 1. The van der Waals surface area contributed by atoms with E-state index in [0.29, 0.717) is 19.4 Å². The maximum Gasteiger partial charge on any atom is 0.323 e. The Balaban J connectivity index is 2.22. The van der Waals surface area contributed by atoms with Gasteiger partial charge in [0, 0.05) is 6.20 Å². The summed E-state index contributed by atoms with van der Waals surface area (Å²) in [5.74, 6) is -0.830. The molecule has 0 aromatic heterocycles. The van der Waals surface area contributed by atoms with Gasteiger partial charge >= 0.3 is 5.97 Å². The third-order valence-corrected chi connectivity index (χ3v) is 4.28. The first-order valence-corrected chi connectivity index (χ1v) is 5.59. The van der Waals surface area contributed by atoms with E-state index in [1.54, 1.807) is 17.2 Å². The third-order valence-electron chi connectivity index (χ3n) is 2.68. The quantitative estimate of drug-likeness (QED) is 0.663. The van der Waals surface area contributed by atoms with Gasteiger partial charge in [-0.1, -0.05) is 0 Å². The number of nitrogens with two attached hydrogens (primary N) is 1. The van der Waals surface area contributed by atoms with Crippen LogP contribution in [-0.2, 0) is 9.59 Å². The van der Waals surface area contributed by atoms with Gasteiger partial charge in [-0.25, -0.2) is 0 Å². The van der Waals surface area contributed by atoms with Gasteiger partial charge < -0.3 is 15.7 Å². The van der Waals surface area contributed by atoms with Crippen LogP contribution in [0.5, 0.6) is 0 Å². The number of nitrogens with zero attached hydrogens (tertiary/aromatic N) is 1. The van der Waals surface area contributed by atoms with Crippen LogP contribution < -0.4 is 5.73 Å². The summed E-state index contributed by atoms with van der Waals surface area (Å²) in [7, 11) is 0. The summed E-state index contributed by atoms with van der Waals surface area (Å²) in [5.41, 5.74) is 5.42. The number of β-lactam (4-membered cyclic amide) rings is 1. The predicted octanol–water partition coefficient (Wildman–Crippen LogP) is -0.0225. The molecule has 0 aromatic carbocycles. The van der Waals surface area contributed by atoms with Crippen LogP contribution in [0.3, 0.4) is 0 Å². The number of hydrogen-bond donors (Lipinski definition) is 2. The van der Waals surface area contributed by atoms with Crippen LogP contribution in [0.4, 0.5) is 0 Å². The highest BCUT2D eigenvalue weighted by Crippen LogP contribution is 2.45. The number of carboxylic acid groups (broad SMARTS) is 1. The molecule has 1 unspecified atom stereocenters. The van der Waals surface area contributed by atoms with Gasteiger partial charge in [0.05, 0.1) is 11.8 Å². The number of amides is 1. The van der Waals surface area contributed by atoms with Crippen molar-refractivity contribution >= 4 is 23.6 Å². The van der Waals surface area contributed by atoms with Crippen molar-refractivity contribution in [2.45, 2.75) is 23.0 Å². The van der Waals surface area contributed by atoms with Crippen LogP contribution in [-0.4, -0.2) is 38.5 Å². The number of rotatable bonds is 3. The molecule has 0 aliphatic carbocycles. The molecule has 1 fully saturated rings. The smallest absolute Gasteiger partial charge is 0.323 e. The second-order valence-electron chi connectivity index (χ2n) is 3.63. The average Bonchev–Trinajstić information content (AvgIpc) is 2.16. The van der Waals surface area contributed by atoms with E-state index in [2.05, 4.69) is 0 Å². The van der Waals surface area contributed by atoms with E-state index in [9.17, 15) is 14.7 Å². The summed E-state index contributed by atoms with van der Waals surface area (Å²) >= 11 is 1.30. The fourth-order valence-electron chi connectivity index (χ4n) is 1.75. The molecule has 15 heavy (non-hydrogen) atoms. The fourth-order valence-corrected chi connectivity index (χ4v) is 3.24. The lowest BCUT2D eigenvalue weighted by Crippen LogP contribution is -2.54. The monoisotopic (exact) mass is 228 g/mol. The van der Waals surface area contributed by atoms with Crippen molar-refractivity contribution in [3.05, 3.63) is 12.3 Å². The second-order valence-corrected chi connectivity index (χ2v) is 5.14. The standard InChI is InChI=1S/C9H12N2O3S/c10-3-1-9(8(13)14)2-4-11-6(12)5-7(11)15-9/h2,4,7H,1,3,5,10H2,(H,13,14)/t7-,9?/m1/s1. The van der Waals surface area contributed by atoms with Crippen molar-refractivity contribution in [3.8, 4) is 0 Å². The molecule has 0 saturated carbocycles. The summed E-state index contributed by atoms with van der Waals surface area (Å²) in [4.78, 5) is 23.9. The van der Waals surface area contributed by atoms with Gasteiger partial charge in [-0.3, -0.25) is 9.59 Å². The number of carboxylic acids is 1. The first-order valence-electron chi connectivity index (χ1n) is 4.71. The number of fused-ring (bicyclic) bond motifs is 1. The van der Waals surface area contributed by atoms with Gasteiger partial charge in [-0.05, 0) is 19.0 Å². The van der Waals surface area contributed by atoms with Gasteiger partial charge in [0.15, 0.2) is 0 Å². The number of thioether (sulfide) groups is 1. The number of hydrogen-bond acceptors (Lipinski definition) is 4. The lowest BCUT2D eigenvalue weighted by molar-refractivity contribution is -0.141. The summed E-state index contributed by atoms with van der Waals surface area (Å²) < 4.78 is -0.948. The largest absolute Gasteiger partial charge is 0.480 e. The molecule has 0 bridgehead atoms. The Morgan fingerprint density at radius 2 is 2.53 bits per heavy atom. The number of carbonyl (C=O) groups excluding carboxylic acids is 1. The minimum absolute atomic E-state index is 0.0230. The summed E-state index contributed by atoms with van der Waals surface area (Å²) in [6.07, 6.45) is 3.97. The van der Waals surface area contributed by atoms with E-state index in [1.807, 2.05) is 0 Å². The Morgan fingerprint density at radius 3 is 3.00 bits per heavy atom. The molecular formula is C9H12N2O3S. The van der Waals surface area contributed by atoms with Crippen molar-refractivity contribution in [1.82, 2.24) is 4.90 Å². The molecule has 2 aliphatic heterocycles. The maximum absolute atomic E-state index is 11.2. The van der Waals surface area contributed by atoms with Gasteiger partial charge in [0.2, 0.25) is 5.91 Å². The fraction of sp³-hybridized carbons (Fsp3) is 0.556. The van der Waals surface area contributed by atoms with Crippen LogP contribution in [0, 0.1) is 0 Å². The summed E-state index contributed by atoms with van der Waals surface area (Å²) in [6, 6.07) is 0. The molecule has 3 N–H and O–H groups in total. The molecule has 82 valence electrons. The zero-order chi connectivity index (χ0) is 11.1. The lowest BCUT2D eigenvalue weighted by Gasteiger charge is -2.45. The Kier molecular flexibility index (Phi) is 2.47. The van der Waals surface area contributed by atoms with E-state index >= 15 is 0 Å². The Hall–Kier alpha value is -1.01. The normalized spacial score (nSPS) is 33.5. The molecule has 0 aromatic rings. The highest BCUT2D eigenvalue weighted by Gasteiger charge is 2.48. The van der Waals surface area contributed by atoms with Crippen molar-refractivity contribution in [2.24, 2.45) is 5.73 Å². The molecule has 5 nitrogen and oxygen atoms in total. The van der Waals surface area contributed by atoms with E-state index in [1.165, 1.54) is 11.8 Å². The SMILES string of the molecule is NCCC1(C(=O)O)C=CN2C(=O)C[C@H]2S1. The zero-order valence-corrected chi connectivity index (χ0v) is 8.87. The first-order chi connectivity index (χ1) is 7.09. The van der Waals surface area contributed by atoms with E-state index in [4.69, 9.17) is 5.73 Å². The number of carbonyl (C=O) groups is 2. The molecule has 1 saturated heterocycles. The molecule has 2 atom stereocenters. The molecular weight excluding hydrogens is 216 g/mol. The molecule has 6 heteroatoms. The zero-order valence-electron chi connectivity index (χ0n) is 8.05. The summed E-state index contributed by atoms with van der Waals surface area (Å²) in [5, 5.41) is 9.16. The Bertz CT molecular complexity index is 344. The van der Waals surface area contributed by atoms with Crippen molar-refractivity contribution in [2.75, 3.05) is 6.54 Å². The highest BCUT2D eigenvalue weighted by atomic mass is 32.2. The predicted molar refractivity (Wildman–Crippen MR) is 56.0 cm³/mol. The van der Waals surface area contributed by atoms with Crippen LogP contribution in [0.15, 0.2) is 12.3 Å². The topological polar surface area (TPSA) is 83.6 Å². The second kappa shape index (κ2) is 3.53. The van der Waals surface area contributed by atoms with Gasteiger partial charge in [0.1, 0.15) is 4.75 Å². The van der Waals surface area contributed by atoms with Crippen LogP contribution in [0.2, 0.25) is 0 Å². The molecule has 2 aliphatic rings. The minimum Gasteiger partial charge on any atom is -0.480 e. The van der Waals surface area contributed by atoms with Crippen molar-refractivity contribution in [3.63, 3.8) is 0 Å². The molecule has 1 amide bonds. The van der Waals surface area contributed by atoms with Crippen molar-refractivity contribution < 1.29 is 14.7 Å². The Labute approximate surface area is 91.3 Å². The minimum atomic E-state index is -0.948. The average molecular weight is 228 g/mol.